The highest BCUT2D eigenvalue weighted by atomic mass is 35.5. The van der Waals surface area contributed by atoms with Crippen LogP contribution in [0.3, 0.4) is 0 Å². The van der Waals surface area contributed by atoms with Gasteiger partial charge in [0, 0.05) is 22.7 Å². The summed E-state index contributed by atoms with van der Waals surface area (Å²) >= 11 is 12.2. The van der Waals surface area contributed by atoms with Gasteiger partial charge in [0.25, 0.3) is 0 Å². The van der Waals surface area contributed by atoms with Crippen molar-refractivity contribution in [1.29, 1.82) is 0 Å². The number of aromatic nitrogens is 1. The quantitative estimate of drug-likeness (QED) is 0.783. The Labute approximate surface area is 122 Å². The highest BCUT2D eigenvalue weighted by molar-refractivity contribution is 6.36. The van der Waals surface area contributed by atoms with Gasteiger partial charge in [0.05, 0.1) is 0 Å². The van der Waals surface area contributed by atoms with Gasteiger partial charge in [-0.1, -0.05) is 42.3 Å². The summed E-state index contributed by atoms with van der Waals surface area (Å²) in [7, 11) is 0. The van der Waals surface area contributed by atoms with Crippen molar-refractivity contribution in [1.82, 2.24) is 4.98 Å². The van der Waals surface area contributed by atoms with E-state index in [2.05, 4.69) is 4.98 Å². The monoisotopic (exact) mass is 293 g/mol. The van der Waals surface area contributed by atoms with Crippen molar-refractivity contribution in [2.24, 2.45) is 0 Å². The number of hydrogen-bond donors (Lipinski definition) is 0. The van der Waals surface area contributed by atoms with Crippen LogP contribution in [0.5, 0.6) is 0 Å². The number of pyridine rings is 1. The predicted molar refractivity (Wildman–Crippen MR) is 78.1 cm³/mol. The second-order valence-corrected chi connectivity index (χ2v) is 4.98. The fourth-order valence-electron chi connectivity index (χ4n) is 1.92. The molecule has 0 N–H and O–H groups in total. The minimum atomic E-state index is -0.0625. The third kappa shape index (κ3) is 3.14. The molecule has 0 amide bonds. The number of halogens is 2. The minimum Gasteiger partial charge on any atom is -0.292 e. The van der Waals surface area contributed by atoms with Crippen molar-refractivity contribution >= 4 is 29.0 Å². The summed E-state index contributed by atoms with van der Waals surface area (Å²) in [6.45, 7) is 2.00. The molecule has 2 nitrogen and oxygen atoms in total. The van der Waals surface area contributed by atoms with Gasteiger partial charge in [-0.25, -0.2) is 0 Å². The molecule has 2 rings (SSSR count). The number of nitrogens with zero attached hydrogens (tertiary/aromatic N) is 1. The lowest BCUT2D eigenvalue weighted by Crippen LogP contribution is -2.10. The van der Waals surface area contributed by atoms with E-state index in [1.54, 1.807) is 24.4 Å². The molecule has 0 aliphatic carbocycles. The van der Waals surface area contributed by atoms with Gasteiger partial charge in [0.1, 0.15) is 5.69 Å². The Morgan fingerprint density at radius 2 is 1.84 bits per heavy atom. The highest BCUT2D eigenvalue weighted by Crippen LogP contribution is 2.25. The zero-order valence-electron chi connectivity index (χ0n) is 10.5. The first kappa shape index (κ1) is 14.0. The number of Topliss-reactive ketones (excluding diaryl/α,β-unsaturated/α-hetero) is 1. The van der Waals surface area contributed by atoms with Crippen molar-refractivity contribution in [2.45, 2.75) is 19.8 Å². The molecular weight excluding hydrogens is 281 g/mol. The van der Waals surface area contributed by atoms with Crippen LogP contribution in [-0.2, 0) is 12.8 Å². The van der Waals surface area contributed by atoms with Crippen molar-refractivity contribution in [3.8, 4) is 0 Å². The summed E-state index contributed by atoms with van der Waals surface area (Å²) in [5, 5.41) is 1.02. The largest absolute Gasteiger partial charge is 0.292 e. The fraction of sp³-hybridized carbons (Fsp3) is 0.200. The fourth-order valence-corrected chi connectivity index (χ4v) is 2.45. The van der Waals surface area contributed by atoms with E-state index in [4.69, 9.17) is 23.2 Å². The van der Waals surface area contributed by atoms with Gasteiger partial charge in [-0.15, -0.1) is 0 Å². The Morgan fingerprint density at radius 3 is 2.47 bits per heavy atom. The Bertz CT molecular complexity index is 591. The second-order valence-electron chi connectivity index (χ2n) is 4.16. The number of benzene rings is 1. The summed E-state index contributed by atoms with van der Waals surface area (Å²) in [4.78, 5) is 16.5. The first-order chi connectivity index (χ1) is 9.13. The third-order valence-electron chi connectivity index (χ3n) is 2.94. The van der Waals surface area contributed by atoms with E-state index < -0.39 is 0 Å². The van der Waals surface area contributed by atoms with E-state index in [1.165, 1.54) is 0 Å². The highest BCUT2D eigenvalue weighted by Gasteiger charge is 2.15. The molecule has 1 aromatic carbocycles. The predicted octanol–water partition coefficient (Wildman–Crippen LogP) is 4.38. The van der Waals surface area contributed by atoms with E-state index in [0.717, 1.165) is 12.0 Å². The summed E-state index contributed by atoms with van der Waals surface area (Å²) in [5.74, 6) is -0.0625. The molecule has 0 bridgehead atoms. The van der Waals surface area contributed by atoms with Gasteiger partial charge in [0.2, 0.25) is 0 Å². The molecule has 0 aliphatic heterocycles. The molecule has 2 aromatic rings. The van der Waals surface area contributed by atoms with Crippen LogP contribution < -0.4 is 0 Å². The Hall–Kier alpha value is -1.38. The molecule has 0 fully saturated rings. The molecule has 19 heavy (non-hydrogen) atoms. The lowest BCUT2D eigenvalue weighted by Gasteiger charge is -2.08. The number of hydrogen-bond acceptors (Lipinski definition) is 2. The zero-order valence-corrected chi connectivity index (χ0v) is 12.0. The third-order valence-corrected chi connectivity index (χ3v) is 3.64. The maximum absolute atomic E-state index is 12.3. The average molecular weight is 294 g/mol. The topological polar surface area (TPSA) is 30.0 Å². The average Bonchev–Trinajstić information content (AvgIpc) is 2.42. The minimum absolute atomic E-state index is 0.0625. The van der Waals surface area contributed by atoms with Gasteiger partial charge < -0.3 is 0 Å². The van der Waals surface area contributed by atoms with Crippen LogP contribution in [0, 0.1) is 0 Å². The van der Waals surface area contributed by atoms with Crippen molar-refractivity contribution in [2.75, 3.05) is 0 Å². The van der Waals surface area contributed by atoms with Gasteiger partial charge >= 0.3 is 0 Å². The maximum Gasteiger partial charge on any atom is 0.185 e. The van der Waals surface area contributed by atoms with Crippen LogP contribution in [0.2, 0.25) is 10.0 Å². The van der Waals surface area contributed by atoms with Crippen molar-refractivity contribution < 1.29 is 4.79 Å². The molecule has 0 aliphatic rings. The molecule has 1 aromatic heterocycles. The first-order valence-electron chi connectivity index (χ1n) is 6.03. The first-order valence-corrected chi connectivity index (χ1v) is 6.79. The van der Waals surface area contributed by atoms with E-state index in [9.17, 15) is 4.79 Å². The number of carbonyl (C=O) groups excluding carboxylic acids is 1. The molecule has 0 atom stereocenters. The Balaban J connectivity index is 2.31. The molecule has 0 radical (unpaired) electrons. The molecule has 98 valence electrons. The summed E-state index contributed by atoms with van der Waals surface area (Å²) in [5.41, 5.74) is 2.10. The Kier molecular flexibility index (Phi) is 4.56. The summed E-state index contributed by atoms with van der Waals surface area (Å²) in [6, 6.07) is 8.97. The number of aryl methyl sites for hydroxylation is 1. The maximum atomic E-state index is 12.3. The van der Waals surface area contributed by atoms with Crippen LogP contribution in [0.4, 0.5) is 0 Å². The van der Waals surface area contributed by atoms with Gasteiger partial charge in [0.15, 0.2) is 5.78 Å². The van der Waals surface area contributed by atoms with E-state index >= 15 is 0 Å². The van der Waals surface area contributed by atoms with Gasteiger partial charge in [-0.05, 0) is 35.7 Å². The van der Waals surface area contributed by atoms with E-state index in [1.807, 2.05) is 19.1 Å². The van der Waals surface area contributed by atoms with Crippen LogP contribution in [0.1, 0.15) is 28.5 Å². The molecule has 4 heteroatoms. The van der Waals surface area contributed by atoms with Crippen LogP contribution in [0.15, 0.2) is 36.5 Å². The summed E-state index contributed by atoms with van der Waals surface area (Å²) in [6.07, 6.45) is 2.56. The second kappa shape index (κ2) is 6.18. The van der Waals surface area contributed by atoms with Crippen molar-refractivity contribution in [3.63, 3.8) is 0 Å². The lowest BCUT2D eigenvalue weighted by molar-refractivity contribution is 0.0987. The number of carbonyl (C=O) groups is 1. The van der Waals surface area contributed by atoms with Crippen LogP contribution in [-0.4, -0.2) is 10.8 Å². The van der Waals surface area contributed by atoms with Crippen LogP contribution >= 0.6 is 23.2 Å². The SMILES string of the molecule is CCc1cccnc1C(=O)Cc1c(Cl)cccc1Cl. The van der Waals surface area contributed by atoms with E-state index in [0.29, 0.717) is 21.3 Å². The smallest absolute Gasteiger partial charge is 0.185 e. The molecule has 0 unspecified atom stereocenters. The molecule has 0 spiro atoms. The zero-order chi connectivity index (χ0) is 13.8. The molecule has 0 saturated heterocycles. The Morgan fingerprint density at radius 1 is 1.16 bits per heavy atom. The summed E-state index contributed by atoms with van der Waals surface area (Å²) < 4.78 is 0. The van der Waals surface area contributed by atoms with Crippen LogP contribution in [0.25, 0.3) is 0 Å². The van der Waals surface area contributed by atoms with Gasteiger partial charge in [-0.3, -0.25) is 9.78 Å². The molecule has 0 saturated carbocycles. The normalized spacial score (nSPS) is 10.5. The number of ketones is 1. The number of rotatable bonds is 4. The van der Waals surface area contributed by atoms with Crippen molar-refractivity contribution in [3.05, 3.63) is 63.4 Å². The van der Waals surface area contributed by atoms with Gasteiger partial charge in [-0.2, -0.15) is 0 Å². The lowest BCUT2D eigenvalue weighted by atomic mass is 10.0. The standard InChI is InChI=1S/C15H13Cl2NO/c1-2-10-5-4-8-18-15(10)14(19)9-11-12(16)6-3-7-13(11)17/h3-8H,2,9H2,1H3. The van der Waals surface area contributed by atoms with E-state index in [-0.39, 0.29) is 12.2 Å². The molecular formula is C15H13Cl2NO. The molecule has 1 heterocycles.